The number of aliphatic hydroxyl groups is 4. The van der Waals surface area contributed by atoms with Crippen LogP contribution in [0.4, 0.5) is 0 Å². The van der Waals surface area contributed by atoms with Crippen LogP contribution in [-0.2, 0) is 73.4 Å². The highest BCUT2D eigenvalue weighted by Gasteiger charge is 2.52. The van der Waals surface area contributed by atoms with Gasteiger partial charge in [-0.25, -0.2) is 0 Å². The first-order valence-electron chi connectivity index (χ1n) is 31.6. The van der Waals surface area contributed by atoms with E-state index >= 15 is 0 Å². The van der Waals surface area contributed by atoms with E-state index in [1.807, 2.05) is 0 Å². The molecule has 4 aromatic carbocycles. The number of aliphatic hydroxyl groups excluding tert-OH is 2. The summed E-state index contributed by atoms with van der Waals surface area (Å²) >= 11 is 0. The van der Waals surface area contributed by atoms with Gasteiger partial charge in [0.2, 0.25) is 11.6 Å². The van der Waals surface area contributed by atoms with E-state index in [2.05, 4.69) is 5.32 Å². The Labute approximate surface area is 558 Å². The fraction of sp³-hybridized carbons (Fsp3) is 0.530. The highest BCUT2D eigenvalue weighted by molar-refractivity contribution is 7.54. The Morgan fingerprint density at radius 1 is 0.608 bits per heavy atom. The third kappa shape index (κ3) is 15.1. The number of nitrogens with one attached hydrogen (secondary N) is 1. The summed E-state index contributed by atoms with van der Waals surface area (Å²) in [4.78, 5) is 89.9. The van der Waals surface area contributed by atoms with Crippen LogP contribution >= 0.6 is 15.2 Å². The van der Waals surface area contributed by atoms with Crippen LogP contribution in [0, 0.1) is 0 Å². The molecule has 530 valence electrons. The van der Waals surface area contributed by atoms with Gasteiger partial charge in [0.25, 0.3) is 0 Å². The summed E-state index contributed by atoms with van der Waals surface area (Å²) in [5, 5.41) is 92.9. The maximum atomic E-state index is 13.9. The SMILES string of the molecule is CCOP(=O)(CC=O)OCC.CCOP(=O)(CCN[C@H]1C[C@H](O[C@H]2C[C@](O)(C(C)=O)Cc3c(O)c4c(c(O)c32)C(=O)c2c(OC)cccc2C4=O)O[C@@H](C)[C@H]1O)OCC.COc1cccc2c1C(=O)c1c(O)c3c(c(O)c1C2=O)C[C@@](O)(C(C)=O)C[C@@H]3O[C@H]1C[C@H](N)[C@H](O)[C@H](C)O1. The van der Waals surface area contributed by atoms with Gasteiger partial charge in [0.15, 0.2) is 35.7 Å². The molecule has 2 saturated heterocycles. The normalized spacial score (nSPS) is 26.5. The summed E-state index contributed by atoms with van der Waals surface area (Å²) in [5.74, 6) is -6.50. The number of methoxy groups -OCH3 is 2. The lowest BCUT2D eigenvalue weighted by atomic mass is 9.72. The molecule has 0 unspecified atom stereocenters. The van der Waals surface area contributed by atoms with Crippen molar-refractivity contribution in [1.82, 2.24) is 5.32 Å². The van der Waals surface area contributed by atoms with Crippen molar-refractivity contribution in [1.29, 1.82) is 0 Å². The zero-order valence-electron chi connectivity index (χ0n) is 55.3. The van der Waals surface area contributed by atoms with Gasteiger partial charge in [-0.15, -0.1) is 0 Å². The van der Waals surface area contributed by atoms with E-state index in [9.17, 15) is 83.5 Å². The topological polar surface area (TPSA) is 446 Å². The van der Waals surface area contributed by atoms with Crippen molar-refractivity contribution < 1.29 is 130 Å². The third-order valence-corrected chi connectivity index (χ3v) is 21.9. The fourth-order valence-corrected chi connectivity index (χ4v) is 15.8. The van der Waals surface area contributed by atoms with Crippen LogP contribution in [0.25, 0.3) is 0 Å². The molecule has 0 bridgehead atoms. The predicted octanol–water partition coefficient (Wildman–Crippen LogP) is 5.41. The Morgan fingerprint density at radius 3 is 1.38 bits per heavy atom. The van der Waals surface area contributed by atoms with Gasteiger partial charge in [-0.1, -0.05) is 24.3 Å². The summed E-state index contributed by atoms with van der Waals surface area (Å²) in [6.45, 7) is 13.6. The first-order valence-corrected chi connectivity index (χ1v) is 35.1. The number of Topliss-reactive ketones (excluding diaryl/α,β-unsaturated/α-hetero) is 2. The summed E-state index contributed by atoms with van der Waals surface area (Å²) in [6, 6.07) is 7.54. The van der Waals surface area contributed by atoms with Gasteiger partial charge in [0.05, 0.1) is 117 Å². The van der Waals surface area contributed by atoms with E-state index in [-0.39, 0.29) is 114 Å². The van der Waals surface area contributed by atoms with Crippen LogP contribution < -0.4 is 20.5 Å². The highest BCUT2D eigenvalue weighted by Crippen LogP contribution is 2.56. The average molecular weight is 1400 g/mol. The van der Waals surface area contributed by atoms with Crippen molar-refractivity contribution in [3.63, 3.8) is 0 Å². The van der Waals surface area contributed by atoms with Crippen molar-refractivity contribution in [2.24, 2.45) is 5.73 Å². The first-order chi connectivity index (χ1) is 45.8. The lowest BCUT2D eigenvalue weighted by molar-refractivity contribution is -0.249. The number of nitrogens with two attached hydrogens (primary N) is 1. The van der Waals surface area contributed by atoms with Gasteiger partial charge >= 0.3 is 15.2 Å². The summed E-state index contributed by atoms with van der Waals surface area (Å²) in [6.07, 6.45) is -9.03. The van der Waals surface area contributed by atoms with Crippen LogP contribution in [0.5, 0.6) is 34.5 Å². The van der Waals surface area contributed by atoms with Crippen molar-refractivity contribution in [2.45, 2.75) is 166 Å². The second-order valence-corrected chi connectivity index (χ2v) is 28.4. The maximum Gasteiger partial charge on any atom is 0.337 e. The molecule has 31 heteroatoms. The lowest BCUT2D eigenvalue weighted by Crippen LogP contribution is -2.55. The maximum absolute atomic E-state index is 13.9. The number of phenols is 4. The molecule has 29 nitrogen and oxygen atoms in total. The molecule has 4 aliphatic carbocycles. The minimum absolute atomic E-state index is 0.0147. The number of ether oxygens (including phenoxy) is 6. The Bertz CT molecular complexity index is 3790. The van der Waals surface area contributed by atoms with E-state index in [0.717, 1.165) is 0 Å². The fourth-order valence-electron chi connectivity index (χ4n) is 13.1. The molecular weight excluding hydrogens is 1310 g/mol. The Hall–Kier alpha value is -6.73. The van der Waals surface area contributed by atoms with E-state index in [1.54, 1.807) is 41.5 Å². The molecule has 6 aliphatic rings. The minimum Gasteiger partial charge on any atom is -0.507 e. The monoisotopic (exact) mass is 1400 g/mol. The van der Waals surface area contributed by atoms with Crippen LogP contribution in [0.2, 0.25) is 0 Å². The number of ketones is 6. The molecule has 0 aromatic heterocycles. The van der Waals surface area contributed by atoms with Crippen LogP contribution in [0.1, 0.15) is 179 Å². The van der Waals surface area contributed by atoms with E-state index in [1.165, 1.54) is 64.5 Å². The molecule has 97 heavy (non-hydrogen) atoms. The molecule has 10 rings (SSSR count). The lowest BCUT2D eigenvalue weighted by Gasteiger charge is -2.43. The first kappa shape index (κ1) is 76.0. The number of hydrogen-bond donors (Lipinski definition) is 10. The second kappa shape index (κ2) is 30.8. The van der Waals surface area contributed by atoms with E-state index < -0.39 is 180 Å². The zero-order valence-corrected chi connectivity index (χ0v) is 57.1. The van der Waals surface area contributed by atoms with E-state index in [4.69, 9.17) is 52.2 Å². The largest absolute Gasteiger partial charge is 0.507 e. The van der Waals surface area contributed by atoms with Crippen molar-refractivity contribution in [3.05, 3.63) is 103 Å². The van der Waals surface area contributed by atoms with Gasteiger partial charge in [0, 0.05) is 90.5 Å². The molecule has 2 aliphatic heterocycles. The number of fused-ring (bicyclic) bond motifs is 6. The van der Waals surface area contributed by atoms with Gasteiger partial charge in [-0.05, 0) is 67.5 Å². The molecule has 0 radical (unpaired) electrons. The van der Waals surface area contributed by atoms with Crippen LogP contribution in [0.3, 0.4) is 0 Å². The standard InChI is InChI=1S/C33H42NO13P.C27H29NO10.C6H13O4P/c1-6-44-48(42,45-7-2)12-11-34-20-13-23(46-16(3)28(20)36)47-22-15-33(41,17(4)35)14-19-25(22)32(40)27-26(30(19)38)29(37)18-9-8-10-21(43-5)24(18)31(27)39;1-10-22(30)14(28)7-17(37-10)38-16-9-27(35,11(2)29)8-13-19(16)26(34)21-20(24(13)32)23(31)12-5-4-6-15(36-3)18(12)25(21)33;1-3-9-11(8,6-5-7)10-4-2/h8-10,16,20,22-23,28,34,36,38,40-41H,6-7,11-15H2,1-5H3;4-6,10,14,16-17,22,30,32,34-35H,7-9,28H2,1-3H3;5H,3-4,6H2,1-2H3/t16-,20-,22-,23-,28+,33-;10-,14-,16-,17-,22+,27-;/m00./s1. The smallest absolute Gasteiger partial charge is 0.337 e. The molecule has 4 aromatic rings. The summed E-state index contributed by atoms with van der Waals surface area (Å²) in [7, 11) is -3.77. The molecule has 0 saturated carbocycles. The number of phenolic OH excluding ortho intramolecular Hbond substituents is 4. The third-order valence-electron chi connectivity index (χ3n) is 17.9. The van der Waals surface area contributed by atoms with Gasteiger partial charge in [0.1, 0.15) is 58.1 Å². The zero-order chi connectivity index (χ0) is 71.6. The quantitative estimate of drug-likeness (QED) is 0.0231. The average Bonchev–Trinajstić information content (AvgIpc) is 0.718. The van der Waals surface area contributed by atoms with Crippen molar-refractivity contribution >= 4 is 56.2 Å². The second-order valence-electron chi connectivity index (χ2n) is 24.1. The number of benzene rings is 4. The predicted molar refractivity (Wildman–Crippen MR) is 342 cm³/mol. The summed E-state index contributed by atoms with van der Waals surface area (Å²) < 4.78 is 79.2. The van der Waals surface area contributed by atoms with Gasteiger partial charge in [-0.2, -0.15) is 0 Å². The number of carbonyl (C=O) groups excluding carboxylic acids is 7. The molecule has 0 amide bonds. The number of aldehydes is 1. The Morgan fingerprint density at radius 2 is 1.00 bits per heavy atom. The van der Waals surface area contributed by atoms with E-state index in [0.29, 0.717) is 19.5 Å². The van der Waals surface area contributed by atoms with Gasteiger partial charge < -0.3 is 103 Å². The molecule has 2 fully saturated rings. The van der Waals surface area contributed by atoms with Crippen molar-refractivity contribution in [2.75, 3.05) is 59.5 Å². The molecular formula is C66H84N2O27P2. The minimum atomic E-state index is -3.36. The van der Waals surface area contributed by atoms with Gasteiger partial charge in [-0.3, -0.25) is 37.9 Å². The van der Waals surface area contributed by atoms with Crippen LogP contribution in [-0.4, -0.2) is 202 Å². The molecule has 11 N–H and O–H groups in total. The number of hydrogen-bond acceptors (Lipinski definition) is 29. The molecule has 12 atom stereocenters. The highest BCUT2D eigenvalue weighted by atomic mass is 31.2. The Balaban J connectivity index is 0.000000218. The molecule has 2 heterocycles. The number of rotatable bonds is 22. The van der Waals surface area contributed by atoms with Crippen molar-refractivity contribution in [3.8, 4) is 34.5 Å². The summed E-state index contributed by atoms with van der Waals surface area (Å²) in [5.41, 5.74) is -0.285. The Kier molecular flexibility index (Phi) is 24.1. The van der Waals surface area contributed by atoms with Crippen LogP contribution in [0.15, 0.2) is 36.4 Å². The molecule has 0 spiro atoms. The number of carbonyl (C=O) groups is 7. The number of aromatic hydroxyl groups is 4.